The second-order valence-corrected chi connectivity index (χ2v) is 5.85. The summed E-state index contributed by atoms with van der Waals surface area (Å²) in [4.78, 5) is 12.3. The molecule has 0 aliphatic carbocycles. The summed E-state index contributed by atoms with van der Waals surface area (Å²) < 4.78 is 11.5. The highest BCUT2D eigenvalue weighted by atomic mass is 35.5. The summed E-state index contributed by atoms with van der Waals surface area (Å²) >= 11 is 5.96. The number of aromatic nitrogens is 3. The highest BCUT2D eigenvalue weighted by Gasteiger charge is 2.25. The summed E-state index contributed by atoms with van der Waals surface area (Å²) in [6.45, 7) is 1.85. The molecule has 140 valence electrons. The molecule has 0 aliphatic heterocycles. The van der Waals surface area contributed by atoms with Gasteiger partial charge >= 0.3 is 5.97 Å². The van der Waals surface area contributed by atoms with E-state index in [1.807, 2.05) is 0 Å². The molecule has 0 spiro atoms. The van der Waals surface area contributed by atoms with Crippen LogP contribution < -0.4 is 4.74 Å². The highest BCUT2D eigenvalue weighted by molar-refractivity contribution is 6.32. The molecule has 0 aliphatic rings. The molecule has 0 amide bonds. The first-order valence-corrected chi connectivity index (χ1v) is 8.33. The Morgan fingerprint density at radius 3 is 2.52 bits per heavy atom. The number of hydrogen-bond donors (Lipinski definition) is 2. The maximum atomic E-state index is 12.3. The van der Waals surface area contributed by atoms with Gasteiger partial charge < -0.3 is 19.7 Å². The van der Waals surface area contributed by atoms with Crippen LogP contribution in [0.15, 0.2) is 36.4 Å². The normalized spacial score (nSPS) is 10.6. The van der Waals surface area contributed by atoms with E-state index >= 15 is 0 Å². The molecule has 1 heterocycles. The summed E-state index contributed by atoms with van der Waals surface area (Å²) in [5.41, 5.74) is 1.01. The number of ether oxygens (including phenoxy) is 2. The van der Waals surface area contributed by atoms with E-state index in [0.717, 1.165) is 6.07 Å². The average Bonchev–Trinajstić information content (AvgIpc) is 3.10. The van der Waals surface area contributed by atoms with E-state index in [0.29, 0.717) is 17.0 Å². The molecule has 0 saturated carbocycles. The summed E-state index contributed by atoms with van der Waals surface area (Å²) in [7, 11) is 1.54. The Morgan fingerprint density at radius 1 is 1.19 bits per heavy atom. The third-order valence-corrected chi connectivity index (χ3v) is 4.08. The number of esters is 1. The average molecular weight is 390 g/mol. The fraction of sp³-hybridized carbons (Fsp3) is 0.167. The lowest BCUT2D eigenvalue weighted by Crippen LogP contribution is -2.08. The SMILES string of the molecule is CCOC(=O)c1nnn(-c2cc(Cl)c(O)cc2O)c1-c1ccc(OC)cc1. The van der Waals surface area contributed by atoms with Gasteiger partial charge in [0.25, 0.3) is 0 Å². The summed E-state index contributed by atoms with van der Waals surface area (Å²) in [5.74, 6) is -0.591. The summed E-state index contributed by atoms with van der Waals surface area (Å²) in [6.07, 6.45) is 0. The number of phenolic OH excluding ortho intramolecular Hbond substituents is 2. The molecule has 8 nitrogen and oxygen atoms in total. The Hall–Kier alpha value is -3.26. The van der Waals surface area contributed by atoms with Crippen LogP contribution >= 0.6 is 11.6 Å². The summed E-state index contributed by atoms with van der Waals surface area (Å²) in [6, 6.07) is 9.27. The van der Waals surface area contributed by atoms with Crippen LogP contribution in [-0.4, -0.2) is 44.9 Å². The Labute approximate surface area is 159 Å². The number of methoxy groups -OCH3 is 1. The van der Waals surface area contributed by atoms with Crippen molar-refractivity contribution in [2.75, 3.05) is 13.7 Å². The molecule has 0 radical (unpaired) electrons. The van der Waals surface area contributed by atoms with E-state index in [2.05, 4.69) is 10.3 Å². The van der Waals surface area contributed by atoms with Gasteiger partial charge in [-0.2, -0.15) is 0 Å². The van der Waals surface area contributed by atoms with Crippen molar-refractivity contribution >= 4 is 17.6 Å². The lowest BCUT2D eigenvalue weighted by Gasteiger charge is -2.11. The minimum Gasteiger partial charge on any atom is -0.506 e. The quantitative estimate of drug-likeness (QED) is 0.645. The molecule has 0 atom stereocenters. The molecule has 9 heteroatoms. The second kappa shape index (κ2) is 7.55. The van der Waals surface area contributed by atoms with Crippen LogP contribution in [0.2, 0.25) is 5.02 Å². The van der Waals surface area contributed by atoms with Crippen molar-refractivity contribution in [3.63, 3.8) is 0 Å². The fourth-order valence-corrected chi connectivity index (χ4v) is 2.66. The van der Waals surface area contributed by atoms with Gasteiger partial charge in [0.05, 0.1) is 18.7 Å². The van der Waals surface area contributed by atoms with Crippen molar-refractivity contribution in [1.29, 1.82) is 0 Å². The molecule has 2 aromatic carbocycles. The zero-order valence-electron chi connectivity index (χ0n) is 14.5. The lowest BCUT2D eigenvalue weighted by molar-refractivity contribution is 0.0520. The number of carbonyl (C=O) groups excluding carboxylic acids is 1. The van der Waals surface area contributed by atoms with Crippen LogP contribution in [-0.2, 0) is 4.74 Å². The molecule has 0 saturated heterocycles. The first kappa shape index (κ1) is 18.5. The van der Waals surface area contributed by atoms with Crippen LogP contribution in [0.4, 0.5) is 0 Å². The zero-order chi connectivity index (χ0) is 19.6. The number of carbonyl (C=O) groups is 1. The smallest absolute Gasteiger partial charge is 0.361 e. The molecule has 0 bridgehead atoms. The first-order chi connectivity index (χ1) is 13.0. The van der Waals surface area contributed by atoms with E-state index in [4.69, 9.17) is 21.1 Å². The molecule has 1 aromatic heterocycles. The highest BCUT2D eigenvalue weighted by Crippen LogP contribution is 2.36. The van der Waals surface area contributed by atoms with Crippen molar-refractivity contribution in [2.24, 2.45) is 0 Å². The van der Waals surface area contributed by atoms with Gasteiger partial charge in [-0.3, -0.25) is 0 Å². The Balaban J connectivity index is 2.23. The lowest BCUT2D eigenvalue weighted by atomic mass is 10.1. The van der Waals surface area contributed by atoms with Gasteiger partial charge in [0.15, 0.2) is 5.69 Å². The van der Waals surface area contributed by atoms with Gasteiger partial charge in [-0.1, -0.05) is 16.8 Å². The van der Waals surface area contributed by atoms with Crippen LogP contribution in [0, 0.1) is 0 Å². The summed E-state index contributed by atoms with van der Waals surface area (Å²) in [5, 5.41) is 27.8. The number of benzene rings is 2. The molecule has 0 unspecified atom stereocenters. The number of aromatic hydroxyl groups is 2. The molecule has 27 heavy (non-hydrogen) atoms. The zero-order valence-corrected chi connectivity index (χ0v) is 15.3. The minimum absolute atomic E-state index is 0.0108. The minimum atomic E-state index is -0.654. The standard InChI is InChI=1S/C18H16ClN3O5/c1-3-27-18(25)16-17(10-4-6-11(26-2)7-5-10)22(21-20-16)13-8-12(19)14(23)9-15(13)24/h4-9,23-24H,3H2,1-2H3. The van der Waals surface area contributed by atoms with Crippen molar-refractivity contribution < 1.29 is 24.5 Å². The van der Waals surface area contributed by atoms with E-state index in [1.165, 1.54) is 10.7 Å². The Kier molecular flexibility index (Phi) is 5.18. The second-order valence-electron chi connectivity index (χ2n) is 5.44. The van der Waals surface area contributed by atoms with E-state index in [-0.39, 0.29) is 34.5 Å². The van der Waals surface area contributed by atoms with E-state index in [9.17, 15) is 15.0 Å². The topological polar surface area (TPSA) is 107 Å². The van der Waals surface area contributed by atoms with Crippen molar-refractivity contribution in [3.8, 4) is 34.2 Å². The van der Waals surface area contributed by atoms with Crippen molar-refractivity contribution in [1.82, 2.24) is 15.0 Å². The van der Waals surface area contributed by atoms with Gasteiger partial charge in [0.1, 0.15) is 28.6 Å². The molecule has 2 N–H and O–H groups in total. The first-order valence-electron chi connectivity index (χ1n) is 7.95. The van der Waals surface area contributed by atoms with E-state index in [1.54, 1.807) is 38.3 Å². The Bertz CT molecular complexity index is 985. The monoisotopic (exact) mass is 389 g/mol. The number of nitrogens with zero attached hydrogens (tertiary/aromatic N) is 3. The predicted octanol–water partition coefficient (Wildman–Crippen LogP) is 3.18. The predicted molar refractivity (Wildman–Crippen MR) is 97.6 cm³/mol. The third-order valence-electron chi connectivity index (χ3n) is 3.77. The van der Waals surface area contributed by atoms with Crippen LogP contribution in [0.5, 0.6) is 17.2 Å². The number of hydrogen-bond acceptors (Lipinski definition) is 7. The number of halogens is 1. The fourth-order valence-electron chi connectivity index (χ4n) is 2.51. The largest absolute Gasteiger partial charge is 0.506 e. The van der Waals surface area contributed by atoms with Crippen LogP contribution in [0.1, 0.15) is 17.4 Å². The van der Waals surface area contributed by atoms with Gasteiger partial charge in [0, 0.05) is 11.6 Å². The molecule has 3 rings (SSSR count). The third kappa shape index (κ3) is 3.52. The molecule has 3 aromatic rings. The van der Waals surface area contributed by atoms with Crippen LogP contribution in [0.3, 0.4) is 0 Å². The number of rotatable bonds is 5. The molecular weight excluding hydrogens is 374 g/mol. The molecular formula is C18H16ClN3O5. The van der Waals surface area contributed by atoms with Crippen molar-refractivity contribution in [2.45, 2.75) is 6.92 Å². The maximum Gasteiger partial charge on any atom is 0.361 e. The number of phenols is 2. The van der Waals surface area contributed by atoms with Gasteiger partial charge in [-0.25, -0.2) is 9.48 Å². The van der Waals surface area contributed by atoms with Gasteiger partial charge in [-0.05, 0) is 37.3 Å². The maximum absolute atomic E-state index is 12.3. The van der Waals surface area contributed by atoms with E-state index < -0.39 is 5.97 Å². The van der Waals surface area contributed by atoms with Crippen molar-refractivity contribution in [3.05, 3.63) is 47.1 Å². The van der Waals surface area contributed by atoms with Gasteiger partial charge in [-0.15, -0.1) is 5.10 Å². The Morgan fingerprint density at radius 2 is 1.89 bits per heavy atom. The van der Waals surface area contributed by atoms with Crippen LogP contribution in [0.25, 0.3) is 16.9 Å². The van der Waals surface area contributed by atoms with Gasteiger partial charge in [0.2, 0.25) is 0 Å². The molecule has 0 fully saturated rings.